The van der Waals surface area contributed by atoms with Crippen LogP contribution in [0.15, 0.2) is 47.4 Å². The fourth-order valence-electron chi connectivity index (χ4n) is 3.47. The van der Waals surface area contributed by atoms with Crippen LogP contribution >= 0.6 is 0 Å². The Balaban J connectivity index is 1.67. The zero-order valence-electron chi connectivity index (χ0n) is 17.3. The van der Waals surface area contributed by atoms with Gasteiger partial charge in [0.1, 0.15) is 5.75 Å². The molecule has 0 unspecified atom stereocenters. The minimum Gasteiger partial charge on any atom is -0.493 e. The molecule has 7 heteroatoms. The molecule has 1 heterocycles. The Bertz CT molecular complexity index is 905. The van der Waals surface area contributed by atoms with Gasteiger partial charge in [0.15, 0.2) is 0 Å². The van der Waals surface area contributed by atoms with Crippen LogP contribution in [0.3, 0.4) is 0 Å². The molecular weight excluding hydrogens is 388 g/mol. The molecule has 0 spiro atoms. The Labute approximate surface area is 173 Å². The van der Waals surface area contributed by atoms with Crippen LogP contribution in [0.5, 0.6) is 5.75 Å². The van der Waals surface area contributed by atoms with Crippen molar-refractivity contribution < 1.29 is 17.9 Å². The van der Waals surface area contributed by atoms with Crippen molar-refractivity contribution in [1.82, 2.24) is 0 Å². The van der Waals surface area contributed by atoms with E-state index in [4.69, 9.17) is 9.47 Å². The van der Waals surface area contributed by atoms with Crippen molar-refractivity contribution in [2.75, 3.05) is 36.4 Å². The number of methoxy groups -OCH3 is 1. The lowest BCUT2D eigenvalue weighted by atomic mass is 10.1. The lowest BCUT2D eigenvalue weighted by Crippen LogP contribution is -2.36. The van der Waals surface area contributed by atoms with E-state index in [1.165, 1.54) is 0 Å². The first kappa shape index (κ1) is 21.5. The largest absolute Gasteiger partial charge is 0.493 e. The van der Waals surface area contributed by atoms with E-state index in [-0.39, 0.29) is 4.90 Å². The van der Waals surface area contributed by atoms with Gasteiger partial charge in [0, 0.05) is 31.6 Å². The molecular formula is C22H30N2O4S. The minimum atomic E-state index is -3.66. The zero-order valence-corrected chi connectivity index (χ0v) is 18.2. The van der Waals surface area contributed by atoms with E-state index in [0.29, 0.717) is 24.1 Å². The third kappa shape index (κ3) is 5.42. The third-order valence-electron chi connectivity index (χ3n) is 5.18. The summed E-state index contributed by atoms with van der Waals surface area (Å²) in [6, 6.07) is 12.5. The number of anilines is 2. The second-order valence-corrected chi connectivity index (χ2v) is 9.03. The molecule has 1 N–H and O–H groups in total. The van der Waals surface area contributed by atoms with Gasteiger partial charge in [-0.15, -0.1) is 0 Å². The molecule has 1 saturated heterocycles. The number of nitrogens with zero attached hydrogens (tertiary/aromatic N) is 1. The fraction of sp³-hybridized carbons (Fsp3) is 0.455. The van der Waals surface area contributed by atoms with Gasteiger partial charge in [0.25, 0.3) is 10.0 Å². The first-order valence-electron chi connectivity index (χ1n) is 10.1. The average molecular weight is 419 g/mol. The molecule has 0 atom stereocenters. The summed E-state index contributed by atoms with van der Waals surface area (Å²) >= 11 is 0. The molecule has 0 saturated carbocycles. The highest BCUT2D eigenvalue weighted by atomic mass is 32.2. The van der Waals surface area contributed by atoms with E-state index < -0.39 is 10.0 Å². The Morgan fingerprint density at radius 2 is 1.79 bits per heavy atom. The van der Waals surface area contributed by atoms with E-state index in [1.54, 1.807) is 37.4 Å². The van der Waals surface area contributed by atoms with Gasteiger partial charge < -0.3 is 14.4 Å². The van der Waals surface area contributed by atoms with Gasteiger partial charge in [0.2, 0.25) is 0 Å². The van der Waals surface area contributed by atoms with Crippen molar-refractivity contribution in [3.63, 3.8) is 0 Å². The number of sulfonamides is 1. The predicted octanol–water partition coefficient (Wildman–Crippen LogP) is 4.20. The maximum absolute atomic E-state index is 12.8. The molecule has 0 amide bonds. The molecule has 1 fully saturated rings. The van der Waals surface area contributed by atoms with Crippen LogP contribution in [-0.2, 0) is 14.8 Å². The standard InChI is InChI=1S/C22H30N2O4S/c1-4-15-28-22-10-9-21(16-17(22)2)29(25,26)23-18-5-7-19(8-6-18)24-13-11-20(27-3)12-14-24/h5-10,16,20,23H,4,11-15H2,1-3H3. The molecule has 0 bridgehead atoms. The summed E-state index contributed by atoms with van der Waals surface area (Å²) in [6.07, 6.45) is 3.24. The molecule has 3 rings (SSSR count). The molecule has 1 aliphatic heterocycles. The van der Waals surface area contributed by atoms with E-state index in [9.17, 15) is 8.42 Å². The van der Waals surface area contributed by atoms with Crippen molar-refractivity contribution in [2.24, 2.45) is 0 Å². The number of aryl methyl sites for hydroxylation is 1. The van der Waals surface area contributed by atoms with Gasteiger partial charge in [0.05, 0.1) is 17.6 Å². The van der Waals surface area contributed by atoms with Crippen molar-refractivity contribution in [2.45, 2.75) is 44.1 Å². The monoisotopic (exact) mass is 418 g/mol. The van der Waals surface area contributed by atoms with Gasteiger partial charge in [-0.1, -0.05) is 6.92 Å². The maximum atomic E-state index is 12.8. The first-order valence-corrected chi connectivity index (χ1v) is 11.6. The van der Waals surface area contributed by atoms with Crippen LogP contribution in [0.25, 0.3) is 0 Å². The Kier molecular flexibility index (Phi) is 7.03. The van der Waals surface area contributed by atoms with Crippen molar-refractivity contribution in [1.29, 1.82) is 0 Å². The second-order valence-electron chi connectivity index (χ2n) is 7.35. The van der Waals surface area contributed by atoms with Crippen LogP contribution in [0.1, 0.15) is 31.7 Å². The number of rotatable bonds is 8. The van der Waals surface area contributed by atoms with E-state index >= 15 is 0 Å². The van der Waals surface area contributed by atoms with E-state index in [1.807, 2.05) is 26.0 Å². The molecule has 6 nitrogen and oxygen atoms in total. The van der Waals surface area contributed by atoms with Crippen LogP contribution in [-0.4, -0.2) is 41.3 Å². The Morgan fingerprint density at radius 3 is 2.38 bits per heavy atom. The zero-order chi connectivity index (χ0) is 20.9. The lowest BCUT2D eigenvalue weighted by Gasteiger charge is -2.33. The molecule has 158 valence electrons. The highest BCUT2D eigenvalue weighted by Gasteiger charge is 2.19. The summed E-state index contributed by atoms with van der Waals surface area (Å²) in [5.41, 5.74) is 2.44. The summed E-state index contributed by atoms with van der Waals surface area (Å²) in [5.74, 6) is 0.715. The quantitative estimate of drug-likeness (QED) is 0.696. The summed E-state index contributed by atoms with van der Waals surface area (Å²) in [6.45, 7) is 6.38. The molecule has 2 aromatic carbocycles. The van der Waals surface area contributed by atoms with E-state index in [0.717, 1.165) is 43.6 Å². The number of nitrogens with one attached hydrogen (secondary N) is 1. The molecule has 29 heavy (non-hydrogen) atoms. The highest BCUT2D eigenvalue weighted by Crippen LogP contribution is 2.26. The van der Waals surface area contributed by atoms with Gasteiger partial charge in [-0.25, -0.2) is 8.42 Å². The van der Waals surface area contributed by atoms with Crippen molar-refractivity contribution >= 4 is 21.4 Å². The summed E-state index contributed by atoms with van der Waals surface area (Å²) in [4.78, 5) is 2.52. The summed E-state index contributed by atoms with van der Waals surface area (Å²) in [7, 11) is -1.90. The van der Waals surface area contributed by atoms with Crippen LogP contribution < -0.4 is 14.4 Å². The Morgan fingerprint density at radius 1 is 1.10 bits per heavy atom. The van der Waals surface area contributed by atoms with Crippen molar-refractivity contribution in [3.8, 4) is 5.75 Å². The van der Waals surface area contributed by atoms with E-state index in [2.05, 4.69) is 9.62 Å². The van der Waals surface area contributed by atoms with Gasteiger partial charge in [-0.05, 0) is 74.2 Å². The first-order chi connectivity index (χ1) is 13.9. The molecule has 0 aromatic heterocycles. The van der Waals surface area contributed by atoms with Crippen molar-refractivity contribution in [3.05, 3.63) is 48.0 Å². The summed E-state index contributed by atoms with van der Waals surface area (Å²) in [5, 5.41) is 0. The smallest absolute Gasteiger partial charge is 0.261 e. The van der Waals surface area contributed by atoms with Crippen LogP contribution in [0.2, 0.25) is 0 Å². The normalized spacial score (nSPS) is 15.3. The SMILES string of the molecule is CCCOc1ccc(S(=O)(=O)Nc2ccc(N3CCC(OC)CC3)cc2)cc1C. The number of ether oxygens (including phenoxy) is 2. The lowest BCUT2D eigenvalue weighted by molar-refractivity contribution is 0.0819. The number of hydrogen-bond acceptors (Lipinski definition) is 5. The topological polar surface area (TPSA) is 67.9 Å². The van der Waals surface area contributed by atoms with Crippen LogP contribution in [0, 0.1) is 6.92 Å². The number of benzene rings is 2. The Hall–Kier alpha value is -2.25. The molecule has 2 aromatic rings. The number of piperidine rings is 1. The van der Waals surface area contributed by atoms with Gasteiger partial charge in [-0.2, -0.15) is 0 Å². The minimum absolute atomic E-state index is 0.226. The predicted molar refractivity (Wildman–Crippen MR) is 116 cm³/mol. The average Bonchev–Trinajstić information content (AvgIpc) is 2.73. The molecule has 1 aliphatic rings. The number of hydrogen-bond donors (Lipinski definition) is 1. The fourth-order valence-corrected chi connectivity index (χ4v) is 4.61. The second kappa shape index (κ2) is 9.50. The third-order valence-corrected chi connectivity index (χ3v) is 6.56. The highest BCUT2D eigenvalue weighted by molar-refractivity contribution is 7.92. The molecule has 0 radical (unpaired) electrons. The molecule has 0 aliphatic carbocycles. The summed E-state index contributed by atoms with van der Waals surface area (Å²) < 4.78 is 39.2. The van der Waals surface area contributed by atoms with Gasteiger partial charge >= 0.3 is 0 Å². The van der Waals surface area contributed by atoms with Gasteiger partial charge in [-0.3, -0.25) is 4.72 Å². The van der Waals surface area contributed by atoms with Crippen LogP contribution in [0.4, 0.5) is 11.4 Å². The maximum Gasteiger partial charge on any atom is 0.261 e.